The van der Waals surface area contributed by atoms with E-state index in [2.05, 4.69) is 10.3 Å². The molecule has 128 valence electrons. The molecule has 5 N–H and O–H groups in total. The molecule has 1 unspecified atom stereocenters. The highest BCUT2D eigenvalue weighted by Crippen LogP contribution is 2.28. The fourth-order valence-electron chi connectivity index (χ4n) is 2.67. The number of carbonyl (C=O) groups is 2. The average molecular weight is 340 g/mol. The molecular formula is C18H16N2O5. The summed E-state index contributed by atoms with van der Waals surface area (Å²) in [6.07, 6.45) is 1.78. The number of aromatic hydroxyl groups is 2. The molecular weight excluding hydrogens is 324 g/mol. The van der Waals surface area contributed by atoms with E-state index in [1.165, 1.54) is 18.2 Å². The fraction of sp³-hybridized carbons (Fsp3) is 0.111. The first-order chi connectivity index (χ1) is 12.0. The zero-order chi connectivity index (χ0) is 18.0. The van der Waals surface area contributed by atoms with Gasteiger partial charge in [-0.1, -0.05) is 24.3 Å². The summed E-state index contributed by atoms with van der Waals surface area (Å²) in [5, 5.41) is 31.9. The van der Waals surface area contributed by atoms with Crippen LogP contribution in [-0.4, -0.2) is 38.2 Å². The summed E-state index contributed by atoms with van der Waals surface area (Å²) < 4.78 is 0. The van der Waals surface area contributed by atoms with Gasteiger partial charge in [-0.25, -0.2) is 4.79 Å². The number of aromatic amines is 1. The van der Waals surface area contributed by atoms with Crippen LogP contribution in [0.25, 0.3) is 10.9 Å². The van der Waals surface area contributed by atoms with Gasteiger partial charge in [0.15, 0.2) is 11.5 Å². The molecule has 7 heteroatoms. The van der Waals surface area contributed by atoms with Gasteiger partial charge in [-0.15, -0.1) is 0 Å². The maximum absolute atomic E-state index is 12.3. The quantitative estimate of drug-likeness (QED) is 0.455. The van der Waals surface area contributed by atoms with E-state index >= 15 is 0 Å². The maximum Gasteiger partial charge on any atom is 0.326 e. The molecule has 3 aromatic rings. The zero-order valence-electron chi connectivity index (χ0n) is 13.1. The van der Waals surface area contributed by atoms with E-state index in [9.17, 15) is 24.9 Å². The number of para-hydroxylation sites is 2. The molecule has 1 atom stereocenters. The number of H-pyrrole nitrogens is 1. The molecule has 0 fully saturated rings. The van der Waals surface area contributed by atoms with Crippen molar-refractivity contribution in [3.63, 3.8) is 0 Å². The second-order valence-corrected chi connectivity index (χ2v) is 5.60. The molecule has 7 nitrogen and oxygen atoms in total. The van der Waals surface area contributed by atoms with Crippen molar-refractivity contribution in [3.8, 4) is 11.5 Å². The first-order valence-corrected chi connectivity index (χ1v) is 7.57. The summed E-state index contributed by atoms with van der Waals surface area (Å²) in [6.45, 7) is 0. The summed E-state index contributed by atoms with van der Waals surface area (Å²) in [5.74, 6) is -3.01. The van der Waals surface area contributed by atoms with E-state index in [1.54, 1.807) is 6.20 Å². The number of amides is 1. The van der Waals surface area contributed by atoms with Crippen LogP contribution >= 0.6 is 0 Å². The SMILES string of the molecule is O=C(NC(Cc1c[nH]c2ccccc12)C(=O)O)c1cccc(O)c1O. The number of hydrogen-bond acceptors (Lipinski definition) is 4. The van der Waals surface area contributed by atoms with Crippen molar-refractivity contribution in [1.29, 1.82) is 0 Å². The van der Waals surface area contributed by atoms with E-state index in [1.807, 2.05) is 24.3 Å². The molecule has 0 spiro atoms. The lowest BCUT2D eigenvalue weighted by atomic mass is 10.0. The number of carbonyl (C=O) groups excluding carboxylic acids is 1. The Morgan fingerprint density at radius 1 is 1.08 bits per heavy atom. The first kappa shape index (κ1) is 16.4. The molecule has 1 amide bonds. The van der Waals surface area contributed by atoms with E-state index in [0.717, 1.165) is 16.5 Å². The molecule has 1 heterocycles. The number of nitrogens with one attached hydrogen (secondary N) is 2. The number of hydrogen-bond donors (Lipinski definition) is 5. The van der Waals surface area contributed by atoms with Crippen molar-refractivity contribution >= 4 is 22.8 Å². The minimum atomic E-state index is -1.20. The lowest BCUT2D eigenvalue weighted by Gasteiger charge is -2.15. The van der Waals surface area contributed by atoms with E-state index in [-0.39, 0.29) is 12.0 Å². The molecule has 2 aromatic carbocycles. The van der Waals surface area contributed by atoms with Gasteiger partial charge >= 0.3 is 5.97 Å². The molecule has 0 saturated carbocycles. The number of benzene rings is 2. The minimum absolute atomic E-state index is 0.0741. The summed E-state index contributed by atoms with van der Waals surface area (Å²) in [5.41, 5.74) is 1.44. The molecule has 0 aliphatic rings. The topological polar surface area (TPSA) is 123 Å². The lowest BCUT2D eigenvalue weighted by molar-refractivity contribution is -0.139. The number of aliphatic carboxylic acids is 1. The van der Waals surface area contributed by atoms with Gasteiger partial charge in [-0.2, -0.15) is 0 Å². The van der Waals surface area contributed by atoms with Crippen molar-refractivity contribution in [2.45, 2.75) is 12.5 Å². The highest BCUT2D eigenvalue weighted by molar-refractivity contribution is 5.99. The van der Waals surface area contributed by atoms with E-state index < -0.39 is 29.4 Å². The van der Waals surface area contributed by atoms with Crippen LogP contribution in [0.5, 0.6) is 11.5 Å². The van der Waals surface area contributed by atoms with E-state index in [0.29, 0.717) is 0 Å². The van der Waals surface area contributed by atoms with Crippen LogP contribution < -0.4 is 5.32 Å². The Hall–Kier alpha value is -3.48. The Balaban J connectivity index is 1.83. The Labute approximate surface area is 142 Å². The van der Waals surface area contributed by atoms with Gasteiger partial charge in [-0.3, -0.25) is 4.79 Å². The van der Waals surface area contributed by atoms with Crippen molar-refractivity contribution in [3.05, 3.63) is 59.8 Å². The average Bonchev–Trinajstić information content (AvgIpc) is 2.99. The highest BCUT2D eigenvalue weighted by Gasteiger charge is 2.24. The Kier molecular flexibility index (Phi) is 4.30. The Morgan fingerprint density at radius 2 is 1.84 bits per heavy atom. The summed E-state index contributed by atoms with van der Waals surface area (Å²) in [7, 11) is 0. The van der Waals surface area contributed by atoms with Crippen molar-refractivity contribution in [2.24, 2.45) is 0 Å². The van der Waals surface area contributed by atoms with Gasteiger partial charge in [-0.05, 0) is 23.8 Å². The van der Waals surface area contributed by atoms with Crippen molar-refractivity contribution in [1.82, 2.24) is 10.3 Å². The van der Waals surface area contributed by atoms with Crippen LogP contribution in [-0.2, 0) is 11.2 Å². The Bertz CT molecular complexity index is 948. The van der Waals surface area contributed by atoms with Gasteiger partial charge in [0.1, 0.15) is 6.04 Å². The number of fused-ring (bicyclic) bond motifs is 1. The standard InChI is InChI=1S/C18H16N2O5/c21-15-7-3-5-12(16(15)22)17(23)20-14(18(24)25)8-10-9-19-13-6-2-1-4-11(10)13/h1-7,9,14,19,21-22H,8H2,(H,20,23)(H,24,25). The van der Waals surface area contributed by atoms with Crippen LogP contribution in [0.2, 0.25) is 0 Å². The number of aromatic nitrogens is 1. The van der Waals surface area contributed by atoms with Crippen LogP contribution in [0.3, 0.4) is 0 Å². The number of phenolic OH excluding ortho intramolecular Hbond substituents is 2. The molecule has 0 saturated heterocycles. The number of carboxylic acids is 1. The normalized spacial score (nSPS) is 12.0. The molecule has 0 radical (unpaired) electrons. The number of rotatable bonds is 5. The third-order valence-corrected chi connectivity index (χ3v) is 3.96. The zero-order valence-corrected chi connectivity index (χ0v) is 13.1. The van der Waals surface area contributed by atoms with Gasteiger partial charge < -0.3 is 25.6 Å². The fourth-order valence-corrected chi connectivity index (χ4v) is 2.67. The van der Waals surface area contributed by atoms with Gasteiger partial charge in [0, 0.05) is 23.5 Å². The molecule has 0 bridgehead atoms. The summed E-state index contributed by atoms with van der Waals surface area (Å²) >= 11 is 0. The van der Waals surface area contributed by atoms with Crippen LogP contribution in [0, 0.1) is 0 Å². The largest absolute Gasteiger partial charge is 0.504 e. The number of carboxylic acid groups (broad SMARTS) is 1. The monoisotopic (exact) mass is 340 g/mol. The molecule has 1 aromatic heterocycles. The van der Waals surface area contributed by atoms with Crippen molar-refractivity contribution in [2.75, 3.05) is 0 Å². The predicted octanol–water partition coefficient (Wildman–Crippen LogP) is 2.00. The molecule has 0 aliphatic carbocycles. The van der Waals surface area contributed by atoms with Gasteiger partial charge in [0.2, 0.25) is 0 Å². The minimum Gasteiger partial charge on any atom is -0.504 e. The van der Waals surface area contributed by atoms with Gasteiger partial charge in [0.25, 0.3) is 5.91 Å². The van der Waals surface area contributed by atoms with Gasteiger partial charge in [0.05, 0.1) is 5.56 Å². The van der Waals surface area contributed by atoms with Crippen molar-refractivity contribution < 1.29 is 24.9 Å². The van der Waals surface area contributed by atoms with E-state index in [4.69, 9.17) is 0 Å². The molecule has 0 aliphatic heterocycles. The smallest absolute Gasteiger partial charge is 0.326 e. The second kappa shape index (κ2) is 6.56. The third-order valence-electron chi connectivity index (χ3n) is 3.96. The summed E-state index contributed by atoms with van der Waals surface area (Å²) in [6, 6.07) is 10.2. The first-order valence-electron chi connectivity index (χ1n) is 7.57. The lowest BCUT2D eigenvalue weighted by Crippen LogP contribution is -2.42. The van der Waals surface area contributed by atoms with Crippen LogP contribution in [0.15, 0.2) is 48.7 Å². The second-order valence-electron chi connectivity index (χ2n) is 5.60. The summed E-state index contributed by atoms with van der Waals surface area (Å²) in [4.78, 5) is 26.9. The molecule has 25 heavy (non-hydrogen) atoms. The third kappa shape index (κ3) is 3.25. The molecule has 3 rings (SSSR count). The predicted molar refractivity (Wildman–Crippen MR) is 90.7 cm³/mol. The number of phenols is 2. The maximum atomic E-state index is 12.3. The highest BCUT2D eigenvalue weighted by atomic mass is 16.4. The van der Waals surface area contributed by atoms with Crippen LogP contribution in [0.4, 0.5) is 0 Å². The Morgan fingerprint density at radius 3 is 2.60 bits per heavy atom. The van der Waals surface area contributed by atoms with Crippen LogP contribution in [0.1, 0.15) is 15.9 Å².